The van der Waals surface area contributed by atoms with Gasteiger partial charge in [-0.3, -0.25) is 4.79 Å². The predicted octanol–water partition coefficient (Wildman–Crippen LogP) is 1.15. The first-order valence-corrected chi connectivity index (χ1v) is 6.59. The first-order chi connectivity index (χ1) is 8.69. The van der Waals surface area contributed by atoms with E-state index in [2.05, 4.69) is 5.32 Å². The zero-order valence-corrected chi connectivity index (χ0v) is 12.4. The molecule has 19 heavy (non-hydrogen) atoms. The van der Waals surface area contributed by atoms with Gasteiger partial charge in [-0.2, -0.15) is 0 Å². The highest BCUT2D eigenvalue weighted by atomic mass is 16.6. The van der Waals surface area contributed by atoms with Gasteiger partial charge in [0.25, 0.3) is 0 Å². The number of amides is 2. The van der Waals surface area contributed by atoms with E-state index in [-0.39, 0.29) is 12.0 Å². The van der Waals surface area contributed by atoms with Crippen LogP contribution in [0.1, 0.15) is 34.6 Å². The molecular weight excluding hydrogens is 248 g/mol. The number of nitrogens with zero attached hydrogens (tertiary/aromatic N) is 1. The van der Waals surface area contributed by atoms with Crippen molar-refractivity contribution in [1.29, 1.82) is 0 Å². The highest BCUT2D eigenvalue weighted by molar-refractivity contribution is 5.85. The van der Waals surface area contributed by atoms with E-state index in [0.29, 0.717) is 19.7 Å². The fourth-order valence-electron chi connectivity index (χ4n) is 1.84. The maximum Gasteiger partial charge on any atom is 0.408 e. The summed E-state index contributed by atoms with van der Waals surface area (Å²) in [6, 6.07) is -0.597. The van der Waals surface area contributed by atoms with Crippen molar-refractivity contribution < 1.29 is 19.1 Å². The first kappa shape index (κ1) is 15.8. The van der Waals surface area contributed by atoms with Gasteiger partial charge in [-0.15, -0.1) is 0 Å². The molecule has 0 aromatic heterocycles. The van der Waals surface area contributed by atoms with Gasteiger partial charge in [0.2, 0.25) is 5.91 Å². The largest absolute Gasteiger partial charge is 0.444 e. The molecule has 0 saturated carbocycles. The van der Waals surface area contributed by atoms with Crippen LogP contribution in [0.4, 0.5) is 4.79 Å². The Bertz CT molecular complexity index is 338. The molecule has 1 heterocycles. The van der Waals surface area contributed by atoms with Crippen LogP contribution in [0, 0.1) is 0 Å². The number of ether oxygens (including phenoxy) is 2. The van der Waals surface area contributed by atoms with Crippen molar-refractivity contribution in [1.82, 2.24) is 10.2 Å². The van der Waals surface area contributed by atoms with Gasteiger partial charge < -0.3 is 19.7 Å². The van der Waals surface area contributed by atoms with Gasteiger partial charge >= 0.3 is 6.09 Å². The molecule has 1 fully saturated rings. The average Bonchev–Trinajstić information content (AvgIpc) is 2.25. The number of rotatable bonds is 2. The standard InChI is InChI=1S/C13H24N2O4/c1-9-8-15(6-7-18-9)11(16)10(2)14-12(17)19-13(3,4)5/h9-10H,6-8H2,1-5H3,(H,14,17)/t9-,10-/m1/s1. The molecule has 0 aromatic rings. The van der Waals surface area contributed by atoms with Gasteiger partial charge in [-0.05, 0) is 34.6 Å². The lowest BCUT2D eigenvalue weighted by Gasteiger charge is -2.33. The van der Waals surface area contributed by atoms with Crippen LogP contribution < -0.4 is 5.32 Å². The summed E-state index contributed by atoms with van der Waals surface area (Å²) in [6.07, 6.45) is -0.541. The van der Waals surface area contributed by atoms with Crippen molar-refractivity contribution in [3.05, 3.63) is 0 Å². The molecule has 1 aliphatic rings. The molecule has 1 N–H and O–H groups in total. The molecule has 0 bridgehead atoms. The molecular formula is C13H24N2O4. The second-order valence-corrected chi connectivity index (χ2v) is 5.83. The van der Waals surface area contributed by atoms with E-state index in [1.807, 2.05) is 6.92 Å². The van der Waals surface area contributed by atoms with Crippen molar-refractivity contribution in [3.63, 3.8) is 0 Å². The molecule has 6 nitrogen and oxygen atoms in total. The monoisotopic (exact) mass is 272 g/mol. The second kappa shape index (κ2) is 6.23. The third-order valence-electron chi connectivity index (χ3n) is 2.66. The van der Waals surface area contributed by atoms with Gasteiger partial charge in [0.15, 0.2) is 0 Å². The smallest absolute Gasteiger partial charge is 0.408 e. The van der Waals surface area contributed by atoms with E-state index in [0.717, 1.165) is 0 Å². The number of alkyl carbamates (subject to hydrolysis) is 1. The molecule has 1 saturated heterocycles. The maximum absolute atomic E-state index is 12.1. The molecule has 0 aliphatic carbocycles. The van der Waals surface area contributed by atoms with Crippen LogP contribution in [-0.4, -0.2) is 54.3 Å². The lowest BCUT2D eigenvalue weighted by atomic mass is 10.2. The number of hydrogen-bond acceptors (Lipinski definition) is 4. The minimum Gasteiger partial charge on any atom is -0.444 e. The van der Waals surface area contributed by atoms with Crippen LogP contribution in [0.3, 0.4) is 0 Å². The Morgan fingerprint density at radius 1 is 1.42 bits per heavy atom. The SMILES string of the molecule is C[C@@H]1CN(C(=O)[C@@H](C)NC(=O)OC(C)(C)C)CCO1. The quantitative estimate of drug-likeness (QED) is 0.818. The molecule has 0 spiro atoms. The van der Waals surface area contributed by atoms with Gasteiger partial charge in [0.1, 0.15) is 11.6 Å². The van der Waals surface area contributed by atoms with Crippen molar-refractivity contribution >= 4 is 12.0 Å². The summed E-state index contributed by atoms with van der Waals surface area (Å²) in [6.45, 7) is 10.6. The van der Waals surface area contributed by atoms with Crippen LogP contribution in [0.5, 0.6) is 0 Å². The summed E-state index contributed by atoms with van der Waals surface area (Å²) in [4.78, 5) is 25.4. The Labute approximate surface area is 114 Å². The maximum atomic E-state index is 12.1. The number of carbonyl (C=O) groups is 2. The Morgan fingerprint density at radius 2 is 2.05 bits per heavy atom. The third-order valence-corrected chi connectivity index (χ3v) is 2.66. The zero-order valence-electron chi connectivity index (χ0n) is 12.4. The summed E-state index contributed by atoms with van der Waals surface area (Å²) in [5.74, 6) is -0.110. The van der Waals surface area contributed by atoms with Crippen molar-refractivity contribution in [2.24, 2.45) is 0 Å². The number of hydrogen-bond donors (Lipinski definition) is 1. The molecule has 0 radical (unpaired) electrons. The third kappa shape index (κ3) is 5.46. The van der Waals surface area contributed by atoms with Crippen molar-refractivity contribution in [3.8, 4) is 0 Å². The molecule has 1 rings (SSSR count). The predicted molar refractivity (Wildman–Crippen MR) is 70.8 cm³/mol. The second-order valence-electron chi connectivity index (χ2n) is 5.83. The highest BCUT2D eigenvalue weighted by Gasteiger charge is 2.27. The number of carbonyl (C=O) groups excluding carboxylic acids is 2. The van der Waals surface area contributed by atoms with Crippen LogP contribution in [0.15, 0.2) is 0 Å². The molecule has 110 valence electrons. The summed E-state index contributed by atoms with van der Waals surface area (Å²) < 4.78 is 10.5. The van der Waals surface area contributed by atoms with E-state index in [1.165, 1.54) is 0 Å². The topological polar surface area (TPSA) is 67.9 Å². The van der Waals surface area contributed by atoms with Crippen LogP contribution >= 0.6 is 0 Å². The minimum atomic E-state index is -0.597. The Morgan fingerprint density at radius 3 is 2.58 bits per heavy atom. The summed E-state index contributed by atoms with van der Waals surface area (Å²) in [7, 11) is 0. The van der Waals surface area contributed by atoms with E-state index < -0.39 is 17.7 Å². The summed E-state index contributed by atoms with van der Waals surface area (Å²) in [5.41, 5.74) is -0.569. The molecule has 2 amide bonds. The molecule has 0 unspecified atom stereocenters. The zero-order chi connectivity index (χ0) is 14.6. The molecule has 0 aromatic carbocycles. The van der Waals surface area contributed by atoms with Crippen molar-refractivity contribution in [2.45, 2.75) is 52.4 Å². The Kier molecular flexibility index (Phi) is 5.17. The number of morpholine rings is 1. The Hall–Kier alpha value is -1.30. The average molecular weight is 272 g/mol. The van der Waals surface area contributed by atoms with Gasteiger partial charge in [-0.25, -0.2) is 4.79 Å². The normalized spacial score (nSPS) is 21.7. The van der Waals surface area contributed by atoms with Crippen LogP contribution in [0.2, 0.25) is 0 Å². The molecule has 2 atom stereocenters. The summed E-state index contributed by atoms with van der Waals surface area (Å²) in [5, 5.41) is 2.56. The van der Waals surface area contributed by atoms with E-state index in [1.54, 1.807) is 32.6 Å². The van der Waals surface area contributed by atoms with Crippen LogP contribution in [0.25, 0.3) is 0 Å². The Balaban J connectivity index is 2.46. The number of nitrogens with one attached hydrogen (secondary N) is 1. The van der Waals surface area contributed by atoms with Gasteiger partial charge in [0.05, 0.1) is 12.7 Å². The fraction of sp³-hybridized carbons (Fsp3) is 0.846. The fourth-order valence-corrected chi connectivity index (χ4v) is 1.84. The van der Waals surface area contributed by atoms with E-state index in [4.69, 9.17) is 9.47 Å². The van der Waals surface area contributed by atoms with Gasteiger partial charge in [-0.1, -0.05) is 0 Å². The first-order valence-electron chi connectivity index (χ1n) is 6.59. The molecule has 6 heteroatoms. The highest BCUT2D eigenvalue weighted by Crippen LogP contribution is 2.09. The van der Waals surface area contributed by atoms with Gasteiger partial charge in [0, 0.05) is 13.1 Å². The summed E-state index contributed by atoms with van der Waals surface area (Å²) >= 11 is 0. The van der Waals surface area contributed by atoms with Crippen LogP contribution in [-0.2, 0) is 14.3 Å². The van der Waals surface area contributed by atoms with E-state index >= 15 is 0 Å². The van der Waals surface area contributed by atoms with E-state index in [9.17, 15) is 9.59 Å². The minimum absolute atomic E-state index is 0.0337. The lowest BCUT2D eigenvalue weighted by Crippen LogP contribution is -2.52. The van der Waals surface area contributed by atoms with Crippen molar-refractivity contribution in [2.75, 3.05) is 19.7 Å². The lowest BCUT2D eigenvalue weighted by molar-refractivity contribution is -0.139. The molecule has 1 aliphatic heterocycles.